The first-order valence-electron chi connectivity index (χ1n) is 10.0. The number of fused-ring (bicyclic) bond motifs is 1. The van der Waals surface area contributed by atoms with Crippen molar-refractivity contribution in [2.75, 3.05) is 50.7 Å². The highest BCUT2D eigenvalue weighted by molar-refractivity contribution is 6.33. The second-order valence-electron chi connectivity index (χ2n) is 7.47. The first-order valence-corrected chi connectivity index (χ1v) is 10.4. The Morgan fingerprint density at radius 3 is 2.81 bits per heavy atom. The van der Waals surface area contributed by atoms with E-state index in [4.69, 9.17) is 22.1 Å². The lowest BCUT2D eigenvalue weighted by atomic mass is 10.2. The van der Waals surface area contributed by atoms with Crippen molar-refractivity contribution in [1.29, 1.82) is 0 Å². The number of methoxy groups -OCH3 is 1. The Morgan fingerprint density at radius 1 is 1.19 bits per heavy atom. The molecule has 0 radical (unpaired) electrons. The van der Waals surface area contributed by atoms with Crippen LogP contribution in [-0.4, -0.2) is 58.8 Å². The van der Waals surface area contributed by atoms with Gasteiger partial charge in [-0.05, 0) is 32.3 Å². The van der Waals surface area contributed by atoms with E-state index in [0.717, 1.165) is 29.9 Å². The summed E-state index contributed by atoms with van der Waals surface area (Å²) < 4.78 is 7.33. The van der Waals surface area contributed by atoms with Crippen LogP contribution in [0.2, 0.25) is 5.02 Å². The number of halogens is 1. The van der Waals surface area contributed by atoms with Gasteiger partial charge in [-0.25, -0.2) is 14.5 Å². The second-order valence-corrected chi connectivity index (χ2v) is 7.88. The predicted molar refractivity (Wildman–Crippen MR) is 129 cm³/mol. The van der Waals surface area contributed by atoms with Gasteiger partial charge >= 0.3 is 0 Å². The van der Waals surface area contributed by atoms with Gasteiger partial charge in [0.1, 0.15) is 5.75 Å². The first-order chi connectivity index (χ1) is 15.5. The van der Waals surface area contributed by atoms with Crippen LogP contribution in [0.25, 0.3) is 16.8 Å². The molecule has 0 aliphatic rings. The van der Waals surface area contributed by atoms with Crippen molar-refractivity contribution in [3.05, 3.63) is 53.9 Å². The maximum absolute atomic E-state index is 6.42. The number of ether oxygens (including phenoxy) is 1. The molecule has 0 bridgehead atoms. The van der Waals surface area contributed by atoms with E-state index < -0.39 is 0 Å². The minimum absolute atomic E-state index is 0.366. The lowest BCUT2D eigenvalue weighted by molar-refractivity contribution is 0.416. The highest BCUT2D eigenvalue weighted by Gasteiger charge is 2.15. The zero-order chi connectivity index (χ0) is 22.7. The standard InChI is InChI=1S/C22H25ClN8O/c1-30(2)9-7-25-17-11-20(32-3)18(10-16(17)24)28-22-26-13-15(23)21(29-22)14-12-27-31-8-5-4-6-19(14)31/h4-6,8,10-13,25H,7,9,24H2,1-3H3,(H,26,28,29). The van der Waals surface area contributed by atoms with Crippen LogP contribution in [0.3, 0.4) is 0 Å². The number of nitrogens with two attached hydrogens (primary N) is 1. The molecule has 0 amide bonds. The molecule has 1 aromatic carbocycles. The lowest BCUT2D eigenvalue weighted by Crippen LogP contribution is -2.21. The highest BCUT2D eigenvalue weighted by atomic mass is 35.5. The molecule has 32 heavy (non-hydrogen) atoms. The molecular weight excluding hydrogens is 428 g/mol. The van der Waals surface area contributed by atoms with Crippen molar-refractivity contribution < 1.29 is 4.74 Å². The molecule has 0 saturated heterocycles. The smallest absolute Gasteiger partial charge is 0.227 e. The van der Waals surface area contributed by atoms with Crippen LogP contribution in [-0.2, 0) is 0 Å². The molecule has 9 nitrogen and oxygen atoms in total. The highest BCUT2D eigenvalue weighted by Crippen LogP contribution is 2.35. The molecule has 4 N–H and O–H groups in total. The number of nitrogen functional groups attached to an aromatic ring is 1. The summed E-state index contributed by atoms with van der Waals surface area (Å²) in [4.78, 5) is 11.0. The normalized spacial score (nSPS) is 11.2. The number of rotatable bonds is 8. The van der Waals surface area contributed by atoms with Crippen LogP contribution in [0.1, 0.15) is 0 Å². The van der Waals surface area contributed by atoms with Crippen molar-refractivity contribution in [1.82, 2.24) is 24.5 Å². The zero-order valence-electron chi connectivity index (χ0n) is 18.1. The summed E-state index contributed by atoms with van der Waals surface area (Å²) in [5, 5.41) is 11.3. The van der Waals surface area contributed by atoms with Crippen molar-refractivity contribution in [3.8, 4) is 17.0 Å². The number of anilines is 4. The molecule has 0 aliphatic heterocycles. The van der Waals surface area contributed by atoms with Gasteiger partial charge in [0.25, 0.3) is 0 Å². The molecule has 166 valence electrons. The van der Waals surface area contributed by atoms with Gasteiger partial charge in [0.2, 0.25) is 5.95 Å². The fraction of sp³-hybridized carbons (Fsp3) is 0.227. The summed E-state index contributed by atoms with van der Waals surface area (Å²) in [6, 6.07) is 9.46. The predicted octanol–water partition coefficient (Wildman–Crippen LogP) is 3.75. The van der Waals surface area contributed by atoms with E-state index in [2.05, 4.69) is 30.6 Å². The van der Waals surface area contributed by atoms with Crippen LogP contribution in [0.5, 0.6) is 5.75 Å². The third kappa shape index (κ3) is 4.53. The Morgan fingerprint density at radius 2 is 2.03 bits per heavy atom. The number of aromatic nitrogens is 4. The summed E-state index contributed by atoms with van der Waals surface area (Å²) in [7, 11) is 5.64. The van der Waals surface area contributed by atoms with Crippen LogP contribution in [0.4, 0.5) is 23.0 Å². The minimum atomic E-state index is 0.366. The molecular formula is C22H25ClN8O. The third-order valence-electron chi connectivity index (χ3n) is 4.92. The van der Waals surface area contributed by atoms with Crippen molar-refractivity contribution in [3.63, 3.8) is 0 Å². The summed E-state index contributed by atoms with van der Waals surface area (Å²) in [5.74, 6) is 0.980. The summed E-state index contributed by atoms with van der Waals surface area (Å²) in [5.41, 5.74) is 10.6. The number of pyridine rings is 1. The van der Waals surface area contributed by atoms with E-state index >= 15 is 0 Å². The van der Waals surface area contributed by atoms with E-state index in [0.29, 0.717) is 33.8 Å². The Balaban J connectivity index is 1.63. The van der Waals surface area contributed by atoms with Gasteiger partial charge in [-0.3, -0.25) is 0 Å². The summed E-state index contributed by atoms with van der Waals surface area (Å²) >= 11 is 6.42. The fourth-order valence-corrected chi connectivity index (χ4v) is 3.48. The summed E-state index contributed by atoms with van der Waals surface area (Å²) in [6.45, 7) is 1.64. The van der Waals surface area contributed by atoms with Gasteiger partial charge in [0.15, 0.2) is 0 Å². The number of nitrogens with zero attached hydrogens (tertiary/aromatic N) is 5. The monoisotopic (exact) mass is 452 g/mol. The Bertz CT molecular complexity index is 1240. The maximum Gasteiger partial charge on any atom is 0.227 e. The van der Waals surface area contributed by atoms with E-state index in [1.807, 2.05) is 44.6 Å². The number of hydrogen-bond donors (Lipinski definition) is 3. The second kappa shape index (κ2) is 9.29. The molecule has 4 rings (SSSR count). The molecule has 4 aromatic rings. The Kier molecular flexibility index (Phi) is 6.29. The minimum Gasteiger partial charge on any atom is -0.494 e. The van der Waals surface area contributed by atoms with Gasteiger partial charge in [-0.1, -0.05) is 17.7 Å². The van der Waals surface area contributed by atoms with Gasteiger partial charge in [-0.2, -0.15) is 5.10 Å². The first kappa shape index (κ1) is 21.7. The van der Waals surface area contributed by atoms with Gasteiger partial charge in [0, 0.05) is 30.9 Å². The third-order valence-corrected chi connectivity index (χ3v) is 5.19. The van der Waals surface area contributed by atoms with Crippen molar-refractivity contribution >= 4 is 40.1 Å². The number of hydrogen-bond acceptors (Lipinski definition) is 8. The number of likely N-dealkylation sites (N-methyl/N-ethyl adjacent to an activating group) is 1. The van der Waals surface area contributed by atoms with Gasteiger partial charge < -0.3 is 26.0 Å². The van der Waals surface area contributed by atoms with E-state index in [-0.39, 0.29) is 0 Å². The summed E-state index contributed by atoms with van der Waals surface area (Å²) in [6.07, 6.45) is 5.17. The topological polar surface area (TPSA) is 106 Å². The molecule has 10 heteroatoms. The lowest BCUT2D eigenvalue weighted by Gasteiger charge is -2.17. The Labute approximate surface area is 191 Å². The molecule has 0 saturated carbocycles. The number of benzene rings is 1. The molecule has 0 unspecified atom stereocenters. The van der Waals surface area contributed by atoms with Crippen LogP contribution in [0, 0.1) is 0 Å². The van der Waals surface area contributed by atoms with E-state index in [1.165, 1.54) is 0 Å². The number of nitrogens with one attached hydrogen (secondary N) is 2. The molecule has 0 spiro atoms. The van der Waals surface area contributed by atoms with E-state index in [1.54, 1.807) is 30.1 Å². The molecule has 3 aromatic heterocycles. The fourth-order valence-electron chi connectivity index (χ4n) is 3.28. The maximum atomic E-state index is 6.42. The van der Waals surface area contributed by atoms with Crippen LogP contribution in [0.15, 0.2) is 48.9 Å². The molecule has 3 heterocycles. The molecule has 0 aliphatic carbocycles. The van der Waals surface area contributed by atoms with Gasteiger partial charge in [-0.15, -0.1) is 0 Å². The van der Waals surface area contributed by atoms with Gasteiger partial charge in [0.05, 0.1) is 52.8 Å². The largest absolute Gasteiger partial charge is 0.494 e. The average Bonchev–Trinajstić information content (AvgIpc) is 3.20. The molecule has 0 atom stereocenters. The zero-order valence-corrected chi connectivity index (χ0v) is 18.9. The molecule has 0 fully saturated rings. The van der Waals surface area contributed by atoms with E-state index in [9.17, 15) is 0 Å². The van der Waals surface area contributed by atoms with Crippen LogP contribution >= 0.6 is 11.6 Å². The van der Waals surface area contributed by atoms with Crippen molar-refractivity contribution in [2.24, 2.45) is 0 Å². The SMILES string of the molecule is COc1cc(NCCN(C)C)c(N)cc1Nc1ncc(Cl)c(-c2cnn3ccccc23)n1. The Hall–Kier alpha value is -3.56. The average molecular weight is 453 g/mol. The quantitative estimate of drug-likeness (QED) is 0.347. The van der Waals surface area contributed by atoms with Crippen LogP contribution < -0.4 is 21.1 Å². The van der Waals surface area contributed by atoms with Crippen molar-refractivity contribution in [2.45, 2.75) is 0 Å².